The molecule has 5 aromatic rings. The van der Waals surface area contributed by atoms with Crippen molar-refractivity contribution in [3.8, 4) is 28.5 Å². The number of aromatic hydroxyl groups is 1. The van der Waals surface area contributed by atoms with Crippen LogP contribution >= 0.6 is 0 Å². The fourth-order valence-corrected chi connectivity index (χ4v) is 8.62. The summed E-state index contributed by atoms with van der Waals surface area (Å²) in [6, 6.07) is 27.8. The first kappa shape index (κ1) is 38.0. The van der Waals surface area contributed by atoms with Gasteiger partial charge in [0, 0.05) is 61.4 Å². The van der Waals surface area contributed by atoms with Crippen LogP contribution < -0.4 is 19.9 Å². The third-order valence-electron chi connectivity index (χ3n) is 11.5. The molecule has 1 saturated heterocycles. The molecule has 1 atom stereocenters. The van der Waals surface area contributed by atoms with E-state index in [4.69, 9.17) is 14.2 Å². The number of carbonyl (C=O) groups excluding carboxylic acids is 2. The zero-order valence-electron chi connectivity index (χ0n) is 31.7. The van der Waals surface area contributed by atoms with E-state index in [9.17, 15) is 15.1 Å². The Labute approximate surface area is 330 Å². The van der Waals surface area contributed by atoms with Gasteiger partial charge in [0.1, 0.15) is 5.75 Å². The molecule has 9 rings (SSSR count). The van der Waals surface area contributed by atoms with E-state index in [0.717, 1.165) is 61.4 Å². The minimum atomic E-state index is -0.207. The number of nitrogens with one attached hydrogen (secondary N) is 1. The monoisotopic (exact) mass is 773 g/mol. The number of nitrogens with zero attached hydrogens (tertiary/aromatic N) is 4. The Morgan fingerprint density at radius 1 is 0.842 bits per heavy atom. The Kier molecular flexibility index (Phi) is 10.9. The first-order valence-corrected chi connectivity index (χ1v) is 19.4. The van der Waals surface area contributed by atoms with Crippen LogP contribution in [-0.2, 0) is 37.2 Å². The predicted molar refractivity (Wildman–Crippen MR) is 214 cm³/mol. The predicted octanol–water partition coefficient (Wildman–Crippen LogP) is 5.65. The van der Waals surface area contributed by atoms with Gasteiger partial charge in [0.15, 0.2) is 11.5 Å². The van der Waals surface area contributed by atoms with Crippen molar-refractivity contribution in [1.29, 1.82) is 0 Å². The molecule has 5 N–H and O–H groups in total. The van der Waals surface area contributed by atoms with Crippen LogP contribution in [0, 0.1) is 0 Å². The molecule has 0 bridgehead atoms. The van der Waals surface area contributed by atoms with Gasteiger partial charge in [-0.3, -0.25) is 25.2 Å². The summed E-state index contributed by atoms with van der Waals surface area (Å²) in [5.41, 5.74) is 9.99. The van der Waals surface area contributed by atoms with E-state index in [1.165, 1.54) is 5.56 Å². The Bertz CT molecular complexity index is 2270. The third kappa shape index (κ3) is 7.54. The molecular weight excluding hydrogens is 727 g/mol. The molecule has 0 spiro atoms. The molecule has 4 aliphatic heterocycles. The fourth-order valence-electron chi connectivity index (χ4n) is 8.62. The van der Waals surface area contributed by atoms with Gasteiger partial charge in [0.2, 0.25) is 6.79 Å². The lowest BCUT2D eigenvalue weighted by atomic mass is 9.92. The van der Waals surface area contributed by atoms with Crippen LogP contribution in [-0.4, -0.2) is 87.7 Å². The van der Waals surface area contributed by atoms with Gasteiger partial charge in [-0.05, 0) is 97.0 Å². The maximum atomic E-state index is 15.2. The molecule has 0 unspecified atom stereocenters. The van der Waals surface area contributed by atoms with Crippen LogP contribution in [0.4, 0.5) is 11.4 Å². The average molecular weight is 774 g/mol. The van der Waals surface area contributed by atoms with E-state index >= 15 is 4.79 Å². The number of phenolic OH excluding ortho intramolecular Hbond substituents is 1. The SMILES string of the molecule is O.O=C(c1cc(-c2cc3c(cc2C(=O)N2Cc4ccccc4C[C@H]2CN2CCOCC2)OCO3)n2c1CCCC2)N(Cc1cccc(NO)c1)c1ccc(O)cc1. The highest BCUT2D eigenvalue weighted by molar-refractivity contribution is 6.09. The topological polar surface area (TPSA) is 160 Å². The molecule has 0 aliphatic carbocycles. The summed E-state index contributed by atoms with van der Waals surface area (Å²) in [4.78, 5) is 36.3. The normalized spacial score (nSPS) is 17.3. The van der Waals surface area contributed by atoms with E-state index in [-0.39, 0.29) is 42.4 Å². The number of fused-ring (bicyclic) bond motifs is 3. The number of amides is 2. The van der Waals surface area contributed by atoms with Crippen molar-refractivity contribution in [2.75, 3.05) is 50.0 Å². The molecule has 2 amide bonds. The molecule has 0 radical (unpaired) electrons. The zero-order valence-corrected chi connectivity index (χ0v) is 31.7. The number of rotatable bonds is 9. The fraction of sp³-hybridized carbons (Fsp3) is 0.318. The van der Waals surface area contributed by atoms with E-state index in [2.05, 4.69) is 33.1 Å². The van der Waals surface area contributed by atoms with Gasteiger partial charge in [-0.25, -0.2) is 0 Å². The smallest absolute Gasteiger partial charge is 0.260 e. The molecule has 1 fully saturated rings. The lowest BCUT2D eigenvalue weighted by Crippen LogP contribution is -2.52. The second-order valence-electron chi connectivity index (χ2n) is 14.9. The molecule has 5 heterocycles. The van der Waals surface area contributed by atoms with Gasteiger partial charge in [-0.2, -0.15) is 0 Å². The maximum absolute atomic E-state index is 15.2. The summed E-state index contributed by atoms with van der Waals surface area (Å²) in [6.45, 7) is 5.22. The summed E-state index contributed by atoms with van der Waals surface area (Å²) in [7, 11) is 0. The molecular formula is C44H47N5O8. The van der Waals surface area contributed by atoms with Crippen molar-refractivity contribution in [3.63, 3.8) is 0 Å². The number of hydrogen-bond donors (Lipinski definition) is 3. The summed E-state index contributed by atoms with van der Waals surface area (Å²) < 4.78 is 19.6. The summed E-state index contributed by atoms with van der Waals surface area (Å²) in [5.74, 6) is 0.891. The molecule has 13 nitrogen and oxygen atoms in total. The van der Waals surface area contributed by atoms with Gasteiger partial charge < -0.3 is 39.2 Å². The van der Waals surface area contributed by atoms with E-state index in [1.807, 2.05) is 41.3 Å². The van der Waals surface area contributed by atoms with Crippen molar-refractivity contribution < 1.29 is 39.6 Å². The Hall–Kier alpha value is -5.86. The van der Waals surface area contributed by atoms with E-state index in [0.29, 0.717) is 72.3 Å². The second kappa shape index (κ2) is 16.3. The van der Waals surface area contributed by atoms with Crippen LogP contribution in [0.2, 0.25) is 0 Å². The number of aromatic nitrogens is 1. The van der Waals surface area contributed by atoms with Crippen LogP contribution in [0.1, 0.15) is 55.9 Å². The minimum absolute atomic E-state index is 0. The zero-order chi connectivity index (χ0) is 38.2. The molecule has 1 aromatic heterocycles. The quantitative estimate of drug-likeness (QED) is 0.161. The Balaban J connectivity index is 0.00000455. The Morgan fingerprint density at radius 3 is 2.40 bits per heavy atom. The molecule has 13 heteroatoms. The molecule has 4 aromatic carbocycles. The summed E-state index contributed by atoms with van der Waals surface area (Å²) >= 11 is 0. The number of phenols is 1. The average Bonchev–Trinajstić information content (AvgIpc) is 3.87. The lowest BCUT2D eigenvalue weighted by Gasteiger charge is -2.40. The van der Waals surface area contributed by atoms with Crippen molar-refractivity contribution >= 4 is 23.2 Å². The van der Waals surface area contributed by atoms with Crippen LogP contribution in [0.5, 0.6) is 17.2 Å². The van der Waals surface area contributed by atoms with Crippen molar-refractivity contribution in [2.24, 2.45) is 0 Å². The third-order valence-corrected chi connectivity index (χ3v) is 11.5. The maximum Gasteiger partial charge on any atom is 0.260 e. The minimum Gasteiger partial charge on any atom is -0.508 e. The van der Waals surface area contributed by atoms with Crippen molar-refractivity contribution in [2.45, 2.75) is 51.4 Å². The molecule has 4 aliphatic rings. The molecule has 0 saturated carbocycles. The van der Waals surface area contributed by atoms with Gasteiger partial charge in [-0.15, -0.1) is 0 Å². The lowest BCUT2D eigenvalue weighted by molar-refractivity contribution is 0.0193. The van der Waals surface area contributed by atoms with Crippen molar-refractivity contribution in [1.82, 2.24) is 14.4 Å². The van der Waals surface area contributed by atoms with E-state index < -0.39 is 0 Å². The van der Waals surface area contributed by atoms with Gasteiger partial charge in [0.05, 0.1) is 36.6 Å². The molecule has 57 heavy (non-hydrogen) atoms. The summed E-state index contributed by atoms with van der Waals surface area (Å²) in [5, 5.41) is 19.7. The number of benzene rings is 4. The summed E-state index contributed by atoms with van der Waals surface area (Å²) in [6.07, 6.45) is 3.31. The number of hydrogen-bond acceptors (Lipinski definition) is 9. The largest absolute Gasteiger partial charge is 0.508 e. The highest BCUT2D eigenvalue weighted by Gasteiger charge is 2.36. The Morgan fingerprint density at radius 2 is 1.61 bits per heavy atom. The van der Waals surface area contributed by atoms with Crippen molar-refractivity contribution in [3.05, 3.63) is 125 Å². The van der Waals surface area contributed by atoms with Crippen LogP contribution in [0.3, 0.4) is 0 Å². The van der Waals surface area contributed by atoms with Gasteiger partial charge >= 0.3 is 0 Å². The number of morpholine rings is 1. The number of ether oxygens (including phenoxy) is 3. The van der Waals surface area contributed by atoms with E-state index in [1.54, 1.807) is 41.3 Å². The number of carbonyl (C=O) groups is 2. The standard InChI is InChI=1S/C44H45N5O7.H2O/c50-35-13-11-33(12-14-35)48(25-29-6-5-9-32(20-29)45-53)44(52)38-22-40(47-15-4-3-10-39(38)47)36-23-41-42(56-28-55-41)24-37(36)43(51)49-26-31-8-2-1-7-30(31)21-34(49)27-46-16-18-54-19-17-46;/h1-2,5-9,11-14,20,22-24,34,45,50,53H,3-4,10,15-19,21,25-28H2;1H2/t34-;/m0./s1. The highest BCUT2D eigenvalue weighted by Crippen LogP contribution is 2.42. The second-order valence-corrected chi connectivity index (χ2v) is 14.9. The first-order valence-electron chi connectivity index (χ1n) is 19.4. The first-order chi connectivity index (χ1) is 27.4. The van der Waals surface area contributed by atoms with Gasteiger partial charge in [0.25, 0.3) is 11.8 Å². The van der Waals surface area contributed by atoms with Crippen LogP contribution in [0.15, 0.2) is 91.0 Å². The highest BCUT2D eigenvalue weighted by atomic mass is 16.7. The number of anilines is 2. The van der Waals surface area contributed by atoms with Crippen LogP contribution in [0.25, 0.3) is 11.3 Å². The van der Waals surface area contributed by atoms with Gasteiger partial charge in [-0.1, -0.05) is 36.4 Å². The molecule has 296 valence electrons.